The van der Waals surface area contributed by atoms with E-state index in [1.807, 2.05) is 19.9 Å². The quantitative estimate of drug-likeness (QED) is 0.769. The molecule has 3 amide bonds. The van der Waals surface area contributed by atoms with Crippen LogP contribution >= 0.6 is 0 Å². The van der Waals surface area contributed by atoms with Crippen molar-refractivity contribution in [2.45, 2.75) is 51.6 Å². The molecular formula is C17H23N5O2. The van der Waals surface area contributed by atoms with Gasteiger partial charge >= 0.3 is 6.03 Å². The molecule has 1 unspecified atom stereocenters. The zero-order chi connectivity index (χ0) is 16.8. The Labute approximate surface area is 141 Å². The van der Waals surface area contributed by atoms with E-state index < -0.39 is 0 Å². The maximum absolute atomic E-state index is 12.6. The van der Waals surface area contributed by atoms with E-state index in [9.17, 15) is 9.59 Å². The Morgan fingerprint density at radius 3 is 2.46 bits per heavy atom. The van der Waals surface area contributed by atoms with E-state index in [0.29, 0.717) is 0 Å². The van der Waals surface area contributed by atoms with Crippen LogP contribution in [-0.2, 0) is 4.79 Å². The Bertz CT molecular complexity index is 641. The monoisotopic (exact) mass is 329 g/mol. The lowest BCUT2D eigenvalue weighted by molar-refractivity contribution is -0.129. The average molecular weight is 329 g/mol. The molecule has 4 heterocycles. The Kier molecular flexibility index (Phi) is 3.66. The van der Waals surface area contributed by atoms with Gasteiger partial charge in [0, 0.05) is 37.4 Å². The van der Waals surface area contributed by atoms with Crippen molar-refractivity contribution >= 4 is 17.8 Å². The maximum Gasteiger partial charge on any atom is 0.327 e. The summed E-state index contributed by atoms with van der Waals surface area (Å²) in [7, 11) is 0. The van der Waals surface area contributed by atoms with Crippen molar-refractivity contribution < 1.29 is 9.59 Å². The van der Waals surface area contributed by atoms with Crippen molar-refractivity contribution in [3.8, 4) is 0 Å². The molecule has 3 saturated heterocycles. The molecule has 0 N–H and O–H groups in total. The minimum absolute atomic E-state index is 0.0182. The predicted molar refractivity (Wildman–Crippen MR) is 88.7 cm³/mol. The van der Waals surface area contributed by atoms with Crippen molar-refractivity contribution in [1.82, 2.24) is 19.8 Å². The summed E-state index contributed by atoms with van der Waals surface area (Å²) in [6.45, 7) is 6.21. The number of fused-ring (bicyclic) bond motifs is 1. The lowest BCUT2D eigenvalue weighted by atomic mass is 10.0. The SMILES string of the molecule is Cc1cc(N2CCC(N3C(=O)C4CCCN4C3=O)CC2)nc(C)n1. The molecule has 0 aromatic carbocycles. The smallest absolute Gasteiger partial charge is 0.327 e. The number of aromatic nitrogens is 2. The highest BCUT2D eigenvalue weighted by Gasteiger charge is 2.50. The summed E-state index contributed by atoms with van der Waals surface area (Å²) in [6.07, 6.45) is 3.38. The van der Waals surface area contributed by atoms with Gasteiger partial charge < -0.3 is 9.80 Å². The fraction of sp³-hybridized carbons (Fsp3) is 0.647. The van der Waals surface area contributed by atoms with Crippen LogP contribution in [0.25, 0.3) is 0 Å². The molecule has 0 radical (unpaired) electrons. The number of hydrogen-bond donors (Lipinski definition) is 0. The van der Waals surface area contributed by atoms with Gasteiger partial charge in [-0.15, -0.1) is 0 Å². The van der Waals surface area contributed by atoms with Crippen molar-refractivity contribution in [1.29, 1.82) is 0 Å². The Balaban J connectivity index is 1.45. The van der Waals surface area contributed by atoms with Crippen LogP contribution in [-0.4, -0.2) is 63.4 Å². The molecular weight excluding hydrogens is 306 g/mol. The molecule has 0 saturated carbocycles. The van der Waals surface area contributed by atoms with E-state index in [1.54, 1.807) is 4.90 Å². The first-order valence-electron chi connectivity index (χ1n) is 8.75. The number of carbonyl (C=O) groups is 2. The average Bonchev–Trinajstić information content (AvgIpc) is 3.11. The lowest BCUT2D eigenvalue weighted by Crippen LogP contribution is -2.48. The molecule has 3 aliphatic heterocycles. The zero-order valence-corrected chi connectivity index (χ0v) is 14.2. The topological polar surface area (TPSA) is 69.6 Å². The van der Waals surface area contributed by atoms with E-state index in [0.717, 1.165) is 62.7 Å². The van der Waals surface area contributed by atoms with Crippen LogP contribution < -0.4 is 4.90 Å². The number of carbonyl (C=O) groups excluding carboxylic acids is 2. The predicted octanol–water partition coefficient (Wildman–Crippen LogP) is 1.49. The molecule has 0 bridgehead atoms. The summed E-state index contributed by atoms with van der Waals surface area (Å²) in [5, 5.41) is 0. The highest BCUT2D eigenvalue weighted by Crippen LogP contribution is 2.32. The lowest BCUT2D eigenvalue weighted by Gasteiger charge is -2.36. The second-order valence-electron chi connectivity index (χ2n) is 6.98. The summed E-state index contributed by atoms with van der Waals surface area (Å²) in [6, 6.07) is 1.75. The van der Waals surface area contributed by atoms with Gasteiger partial charge in [-0.25, -0.2) is 14.8 Å². The number of imide groups is 1. The first-order valence-corrected chi connectivity index (χ1v) is 8.75. The summed E-state index contributed by atoms with van der Waals surface area (Å²) in [5.41, 5.74) is 0.963. The van der Waals surface area contributed by atoms with Gasteiger partial charge in [0.1, 0.15) is 17.7 Å². The number of amides is 3. The molecule has 4 rings (SSSR count). The number of piperidine rings is 1. The first-order chi connectivity index (χ1) is 11.5. The van der Waals surface area contributed by atoms with Crippen LogP contribution in [0.3, 0.4) is 0 Å². The van der Waals surface area contributed by atoms with Gasteiger partial charge in [0.05, 0.1) is 0 Å². The third kappa shape index (κ3) is 2.42. The van der Waals surface area contributed by atoms with Crippen molar-refractivity contribution in [2.75, 3.05) is 24.5 Å². The molecule has 3 fully saturated rings. The van der Waals surface area contributed by atoms with Gasteiger partial charge in [0.25, 0.3) is 5.91 Å². The van der Waals surface area contributed by atoms with Crippen LogP contribution in [0, 0.1) is 13.8 Å². The molecule has 128 valence electrons. The van der Waals surface area contributed by atoms with E-state index in [1.165, 1.54) is 4.90 Å². The van der Waals surface area contributed by atoms with Gasteiger partial charge in [-0.2, -0.15) is 0 Å². The van der Waals surface area contributed by atoms with Crippen molar-refractivity contribution in [2.24, 2.45) is 0 Å². The standard InChI is InChI=1S/C17H23N5O2/c1-11-10-15(19-12(2)18-11)20-8-5-13(6-9-20)22-16(23)14-4-3-7-21(14)17(22)24/h10,13-14H,3-9H2,1-2H3. The number of nitrogens with zero attached hydrogens (tertiary/aromatic N) is 5. The summed E-state index contributed by atoms with van der Waals surface area (Å²) in [4.78, 5) is 39.5. The van der Waals surface area contributed by atoms with E-state index in [-0.39, 0.29) is 24.0 Å². The van der Waals surface area contributed by atoms with Gasteiger partial charge in [0.2, 0.25) is 0 Å². The molecule has 7 heteroatoms. The van der Waals surface area contributed by atoms with Crippen molar-refractivity contribution in [3.05, 3.63) is 17.6 Å². The third-order valence-corrected chi connectivity index (χ3v) is 5.33. The van der Waals surface area contributed by atoms with Gasteiger partial charge in [-0.3, -0.25) is 9.69 Å². The Morgan fingerprint density at radius 2 is 1.79 bits per heavy atom. The van der Waals surface area contributed by atoms with Crippen LogP contribution in [0.2, 0.25) is 0 Å². The van der Waals surface area contributed by atoms with E-state index in [4.69, 9.17) is 0 Å². The number of rotatable bonds is 2. The molecule has 1 aromatic rings. The van der Waals surface area contributed by atoms with Crippen LogP contribution in [0.1, 0.15) is 37.2 Å². The molecule has 3 aliphatic rings. The van der Waals surface area contributed by atoms with Gasteiger partial charge in [-0.1, -0.05) is 0 Å². The molecule has 24 heavy (non-hydrogen) atoms. The summed E-state index contributed by atoms with van der Waals surface area (Å²) < 4.78 is 0. The molecule has 0 aliphatic carbocycles. The number of aryl methyl sites for hydroxylation is 2. The number of hydrogen-bond acceptors (Lipinski definition) is 5. The van der Waals surface area contributed by atoms with E-state index in [2.05, 4.69) is 14.9 Å². The van der Waals surface area contributed by atoms with Gasteiger partial charge in [0.15, 0.2) is 0 Å². The zero-order valence-electron chi connectivity index (χ0n) is 14.2. The fourth-order valence-corrected chi connectivity index (χ4v) is 4.19. The summed E-state index contributed by atoms with van der Waals surface area (Å²) in [5.74, 6) is 1.74. The minimum atomic E-state index is -0.192. The van der Waals surface area contributed by atoms with Crippen LogP contribution in [0.15, 0.2) is 6.07 Å². The van der Waals surface area contributed by atoms with Crippen LogP contribution in [0.4, 0.5) is 10.6 Å². The summed E-state index contributed by atoms with van der Waals surface area (Å²) >= 11 is 0. The van der Waals surface area contributed by atoms with Crippen molar-refractivity contribution in [3.63, 3.8) is 0 Å². The maximum atomic E-state index is 12.6. The highest BCUT2D eigenvalue weighted by molar-refractivity contribution is 6.04. The highest BCUT2D eigenvalue weighted by atomic mass is 16.2. The largest absolute Gasteiger partial charge is 0.356 e. The Morgan fingerprint density at radius 1 is 1.04 bits per heavy atom. The number of urea groups is 1. The molecule has 1 atom stereocenters. The number of anilines is 1. The minimum Gasteiger partial charge on any atom is -0.356 e. The van der Waals surface area contributed by atoms with Gasteiger partial charge in [-0.05, 0) is 39.5 Å². The Hall–Kier alpha value is -2.18. The second-order valence-corrected chi connectivity index (χ2v) is 6.98. The molecule has 0 spiro atoms. The molecule has 7 nitrogen and oxygen atoms in total. The first kappa shape index (κ1) is 15.4. The second kappa shape index (κ2) is 5.72. The van der Waals surface area contributed by atoms with E-state index >= 15 is 0 Å². The third-order valence-electron chi connectivity index (χ3n) is 5.33. The normalized spacial score (nSPS) is 24.9. The van der Waals surface area contributed by atoms with Crippen LogP contribution in [0.5, 0.6) is 0 Å². The molecule has 1 aromatic heterocycles. The fourth-order valence-electron chi connectivity index (χ4n) is 4.19.